The number of halogens is 2. The molecule has 0 heterocycles. The van der Waals surface area contributed by atoms with Crippen LogP contribution in [0.4, 0.5) is 8.78 Å². The molecule has 21 heavy (non-hydrogen) atoms. The topological polar surface area (TPSA) is 60.7 Å². The van der Waals surface area contributed by atoms with Gasteiger partial charge in [-0.2, -0.15) is 0 Å². The summed E-state index contributed by atoms with van der Waals surface area (Å²) < 4.78 is 26.4. The molecule has 1 aromatic carbocycles. The second-order valence-electron chi connectivity index (χ2n) is 5.50. The van der Waals surface area contributed by atoms with E-state index in [1.807, 2.05) is 0 Å². The minimum absolute atomic E-state index is 0.0496. The standard InChI is InChI=1S/C16H24F2O3/c1-2-3-4-5-6-7-8-15(16(19,20)21)12-9-13(17)11-14(18)10-12/h9-11,15,19-21H,2-8H2,1H3. The molecule has 3 N–H and O–H groups in total. The van der Waals surface area contributed by atoms with Crippen LogP contribution in [0.25, 0.3) is 0 Å². The lowest BCUT2D eigenvalue weighted by Crippen LogP contribution is -2.35. The molecule has 3 nitrogen and oxygen atoms in total. The van der Waals surface area contributed by atoms with Crippen LogP contribution in [-0.2, 0) is 0 Å². The number of benzene rings is 1. The van der Waals surface area contributed by atoms with E-state index in [1.54, 1.807) is 0 Å². The summed E-state index contributed by atoms with van der Waals surface area (Å²) in [5.41, 5.74) is 0.0496. The molecule has 1 unspecified atom stereocenters. The van der Waals surface area contributed by atoms with Gasteiger partial charge in [0.2, 0.25) is 0 Å². The highest BCUT2D eigenvalue weighted by atomic mass is 19.1. The fourth-order valence-electron chi connectivity index (χ4n) is 2.49. The highest BCUT2D eigenvalue weighted by Gasteiger charge is 2.33. The first-order valence-corrected chi connectivity index (χ1v) is 7.47. The van der Waals surface area contributed by atoms with Crippen LogP contribution in [0.2, 0.25) is 0 Å². The van der Waals surface area contributed by atoms with Crippen LogP contribution in [0.1, 0.15) is 63.4 Å². The number of hydrogen-bond donors (Lipinski definition) is 3. The quantitative estimate of drug-likeness (QED) is 0.484. The molecule has 0 fully saturated rings. The molecule has 0 spiro atoms. The molecule has 0 aliphatic carbocycles. The third kappa shape index (κ3) is 6.50. The van der Waals surface area contributed by atoms with Crippen molar-refractivity contribution in [1.29, 1.82) is 0 Å². The van der Waals surface area contributed by atoms with Gasteiger partial charge in [0.05, 0.1) is 5.92 Å². The average Bonchev–Trinajstić information content (AvgIpc) is 2.35. The van der Waals surface area contributed by atoms with Gasteiger partial charge in [-0.3, -0.25) is 0 Å². The summed E-state index contributed by atoms with van der Waals surface area (Å²) in [5.74, 6) is -5.72. The van der Waals surface area contributed by atoms with Crippen molar-refractivity contribution >= 4 is 0 Å². The van der Waals surface area contributed by atoms with Gasteiger partial charge in [-0.1, -0.05) is 45.4 Å². The van der Waals surface area contributed by atoms with Crippen LogP contribution in [0, 0.1) is 11.6 Å². The SMILES string of the molecule is CCCCCCCCC(c1cc(F)cc(F)c1)C(O)(O)O. The Bertz CT molecular complexity index is 410. The third-order valence-corrected chi connectivity index (χ3v) is 3.60. The smallest absolute Gasteiger partial charge is 0.282 e. The Hall–Kier alpha value is -1.04. The lowest BCUT2D eigenvalue weighted by Gasteiger charge is -2.26. The Morgan fingerprint density at radius 1 is 0.905 bits per heavy atom. The van der Waals surface area contributed by atoms with Crippen molar-refractivity contribution in [3.8, 4) is 0 Å². The van der Waals surface area contributed by atoms with Crippen LogP contribution in [0.3, 0.4) is 0 Å². The molecule has 1 atom stereocenters. The van der Waals surface area contributed by atoms with Gasteiger partial charge in [0.15, 0.2) is 0 Å². The minimum atomic E-state index is -2.98. The molecule has 0 bridgehead atoms. The monoisotopic (exact) mass is 302 g/mol. The molecule has 0 amide bonds. The maximum Gasteiger partial charge on any atom is 0.282 e. The second-order valence-corrected chi connectivity index (χ2v) is 5.50. The first-order chi connectivity index (χ1) is 9.84. The lowest BCUT2D eigenvalue weighted by molar-refractivity contribution is -0.326. The first kappa shape index (κ1) is 18.0. The van der Waals surface area contributed by atoms with Crippen molar-refractivity contribution in [2.24, 2.45) is 0 Å². The average molecular weight is 302 g/mol. The van der Waals surface area contributed by atoms with E-state index in [0.29, 0.717) is 12.5 Å². The molecule has 0 aromatic heterocycles. The Morgan fingerprint density at radius 3 is 1.95 bits per heavy atom. The van der Waals surface area contributed by atoms with Crippen LogP contribution in [0.5, 0.6) is 0 Å². The maximum absolute atomic E-state index is 13.2. The molecule has 5 heteroatoms. The molecule has 120 valence electrons. The maximum atomic E-state index is 13.2. The van der Waals surface area contributed by atoms with Crippen LogP contribution < -0.4 is 0 Å². The largest absolute Gasteiger partial charge is 0.343 e. The lowest BCUT2D eigenvalue weighted by atomic mass is 9.90. The summed E-state index contributed by atoms with van der Waals surface area (Å²) in [4.78, 5) is 0. The third-order valence-electron chi connectivity index (χ3n) is 3.60. The first-order valence-electron chi connectivity index (χ1n) is 7.47. The zero-order valence-corrected chi connectivity index (χ0v) is 12.4. The second kappa shape index (κ2) is 8.41. The summed E-state index contributed by atoms with van der Waals surface area (Å²) in [5, 5.41) is 28.3. The zero-order chi connectivity index (χ0) is 15.9. The minimum Gasteiger partial charge on any atom is -0.343 e. The Kier molecular flexibility index (Phi) is 7.22. The van der Waals surface area contributed by atoms with Crippen molar-refractivity contribution in [3.05, 3.63) is 35.4 Å². The summed E-state index contributed by atoms with van der Waals surface area (Å²) in [6.45, 7) is 2.12. The van der Waals surface area contributed by atoms with Crippen LogP contribution in [-0.4, -0.2) is 21.3 Å². The van der Waals surface area contributed by atoms with Gasteiger partial charge in [-0.15, -0.1) is 0 Å². The van der Waals surface area contributed by atoms with E-state index in [0.717, 1.165) is 44.2 Å². The van der Waals surface area contributed by atoms with E-state index < -0.39 is 23.5 Å². The van der Waals surface area contributed by atoms with E-state index in [-0.39, 0.29) is 12.0 Å². The molecule has 0 saturated heterocycles. The fraction of sp³-hybridized carbons (Fsp3) is 0.625. The summed E-state index contributed by atoms with van der Waals surface area (Å²) in [7, 11) is 0. The molecule has 0 aliphatic rings. The summed E-state index contributed by atoms with van der Waals surface area (Å²) in [6.07, 6.45) is 6.20. The fourth-order valence-corrected chi connectivity index (χ4v) is 2.49. The van der Waals surface area contributed by atoms with Gasteiger partial charge < -0.3 is 15.3 Å². The normalized spacial score (nSPS) is 13.4. The van der Waals surface area contributed by atoms with E-state index in [2.05, 4.69) is 6.92 Å². The van der Waals surface area contributed by atoms with Crippen molar-refractivity contribution in [3.63, 3.8) is 0 Å². The summed E-state index contributed by atoms with van der Waals surface area (Å²) in [6, 6.07) is 2.74. The van der Waals surface area contributed by atoms with Crippen molar-refractivity contribution in [1.82, 2.24) is 0 Å². The Labute approximate surface area is 124 Å². The molecule has 1 rings (SSSR count). The molecular weight excluding hydrogens is 278 g/mol. The highest BCUT2D eigenvalue weighted by molar-refractivity contribution is 5.23. The van der Waals surface area contributed by atoms with Crippen molar-refractivity contribution < 1.29 is 24.1 Å². The molecule has 0 aliphatic heterocycles. The number of hydrogen-bond acceptors (Lipinski definition) is 3. The predicted octanol–water partition coefficient (Wildman–Crippen LogP) is 3.43. The molecule has 1 aromatic rings. The zero-order valence-electron chi connectivity index (χ0n) is 12.4. The van der Waals surface area contributed by atoms with Gasteiger partial charge >= 0.3 is 0 Å². The Balaban J connectivity index is 2.64. The van der Waals surface area contributed by atoms with Crippen LogP contribution >= 0.6 is 0 Å². The van der Waals surface area contributed by atoms with Crippen LogP contribution in [0.15, 0.2) is 18.2 Å². The van der Waals surface area contributed by atoms with Gasteiger partial charge in [0, 0.05) is 6.07 Å². The van der Waals surface area contributed by atoms with Gasteiger partial charge in [-0.05, 0) is 24.1 Å². The van der Waals surface area contributed by atoms with Crippen molar-refractivity contribution in [2.45, 2.75) is 63.8 Å². The Morgan fingerprint density at radius 2 is 1.43 bits per heavy atom. The van der Waals surface area contributed by atoms with Gasteiger partial charge in [0.25, 0.3) is 5.97 Å². The number of unbranched alkanes of at least 4 members (excludes halogenated alkanes) is 5. The summed E-state index contributed by atoms with van der Waals surface area (Å²) >= 11 is 0. The number of aliphatic hydroxyl groups is 3. The molecule has 0 saturated carbocycles. The highest BCUT2D eigenvalue weighted by Crippen LogP contribution is 2.31. The van der Waals surface area contributed by atoms with Gasteiger partial charge in [-0.25, -0.2) is 8.78 Å². The molecular formula is C16H24F2O3. The van der Waals surface area contributed by atoms with E-state index in [1.165, 1.54) is 0 Å². The van der Waals surface area contributed by atoms with E-state index in [9.17, 15) is 24.1 Å². The van der Waals surface area contributed by atoms with Gasteiger partial charge in [0.1, 0.15) is 11.6 Å². The predicted molar refractivity (Wildman–Crippen MR) is 76.5 cm³/mol. The molecule has 0 radical (unpaired) electrons. The number of rotatable bonds is 9. The van der Waals surface area contributed by atoms with E-state index >= 15 is 0 Å². The van der Waals surface area contributed by atoms with Crippen molar-refractivity contribution in [2.75, 3.05) is 0 Å². The van der Waals surface area contributed by atoms with E-state index in [4.69, 9.17) is 0 Å².